The molecule has 144 valence electrons. The highest BCUT2D eigenvalue weighted by Crippen LogP contribution is 2.19. The number of hydrogen-bond acceptors (Lipinski definition) is 5. The maximum absolute atomic E-state index is 9.69. The van der Waals surface area contributed by atoms with Crippen molar-refractivity contribution in [2.24, 2.45) is 5.16 Å². The van der Waals surface area contributed by atoms with Crippen molar-refractivity contribution in [1.29, 1.82) is 0 Å². The topological polar surface area (TPSA) is 60.3 Å². The highest BCUT2D eigenvalue weighted by atomic mass is 16.7. The molecule has 5 nitrogen and oxygen atoms in total. The molecule has 0 aliphatic heterocycles. The van der Waals surface area contributed by atoms with Crippen LogP contribution in [0, 0.1) is 0 Å². The fourth-order valence-corrected chi connectivity index (χ4v) is 2.60. The predicted molar refractivity (Wildman–Crippen MR) is 108 cm³/mol. The van der Waals surface area contributed by atoms with E-state index in [0.29, 0.717) is 12.5 Å². The lowest BCUT2D eigenvalue weighted by Gasteiger charge is -2.15. The van der Waals surface area contributed by atoms with Crippen LogP contribution in [0.3, 0.4) is 0 Å². The summed E-state index contributed by atoms with van der Waals surface area (Å²) in [4.78, 5) is 5.62. The van der Waals surface area contributed by atoms with Crippen LogP contribution in [-0.2, 0) is 16.2 Å². The number of benzene rings is 3. The first-order valence-corrected chi connectivity index (χ1v) is 9.01. The minimum Gasteiger partial charge on any atom is -0.497 e. The van der Waals surface area contributed by atoms with Crippen molar-refractivity contribution in [2.75, 3.05) is 13.7 Å². The highest BCUT2D eigenvalue weighted by molar-refractivity contribution is 5.93. The normalized spacial score (nSPS) is 12.3. The van der Waals surface area contributed by atoms with Crippen LogP contribution in [0.4, 0.5) is 0 Å². The molecule has 0 bridgehead atoms. The van der Waals surface area contributed by atoms with Gasteiger partial charge in [0.25, 0.3) is 5.90 Å². The van der Waals surface area contributed by atoms with E-state index >= 15 is 0 Å². The highest BCUT2D eigenvalue weighted by Gasteiger charge is 2.13. The standard InChI is InChI=1S/C23H23NO4/c1-26-21-14-12-20(13-15-21)23(27-17-18-8-4-2-5-9-18)24-28-22(16-25)19-10-6-3-7-11-19/h2-15,22,25H,16-17H2,1H3/b24-23-/t22-/m1/s1. The average Bonchev–Trinajstić information content (AvgIpc) is 2.78. The Morgan fingerprint density at radius 3 is 2.14 bits per heavy atom. The number of aliphatic hydroxyl groups excluding tert-OH is 1. The van der Waals surface area contributed by atoms with Crippen molar-refractivity contribution in [2.45, 2.75) is 12.7 Å². The fourth-order valence-electron chi connectivity index (χ4n) is 2.60. The molecule has 0 saturated heterocycles. The van der Waals surface area contributed by atoms with Gasteiger partial charge in [0, 0.05) is 5.56 Å². The van der Waals surface area contributed by atoms with E-state index in [-0.39, 0.29) is 6.61 Å². The third-order valence-electron chi connectivity index (χ3n) is 4.16. The average molecular weight is 377 g/mol. The van der Waals surface area contributed by atoms with Crippen LogP contribution >= 0.6 is 0 Å². The number of hydrogen-bond donors (Lipinski definition) is 1. The van der Waals surface area contributed by atoms with Crippen molar-refractivity contribution in [3.8, 4) is 5.75 Å². The lowest BCUT2D eigenvalue weighted by Crippen LogP contribution is -2.11. The first kappa shape index (κ1) is 19.5. The first-order valence-electron chi connectivity index (χ1n) is 9.01. The van der Waals surface area contributed by atoms with E-state index in [4.69, 9.17) is 14.3 Å². The fraction of sp³-hybridized carbons (Fsp3) is 0.174. The third-order valence-corrected chi connectivity index (χ3v) is 4.16. The molecule has 0 saturated carbocycles. The molecule has 0 aromatic heterocycles. The minimum atomic E-state index is -0.574. The summed E-state index contributed by atoms with van der Waals surface area (Å²) in [6.07, 6.45) is -0.574. The molecule has 0 fully saturated rings. The lowest BCUT2D eigenvalue weighted by atomic mass is 10.1. The van der Waals surface area contributed by atoms with Gasteiger partial charge < -0.3 is 19.4 Å². The van der Waals surface area contributed by atoms with Gasteiger partial charge in [-0.15, -0.1) is 0 Å². The molecule has 0 unspecified atom stereocenters. The third kappa shape index (κ3) is 5.34. The summed E-state index contributed by atoms with van der Waals surface area (Å²) in [6.45, 7) is 0.159. The Labute approximate surface area is 164 Å². The Kier molecular flexibility index (Phi) is 7.04. The van der Waals surface area contributed by atoms with Gasteiger partial charge >= 0.3 is 0 Å². The molecule has 0 amide bonds. The van der Waals surface area contributed by atoms with E-state index in [9.17, 15) is 5.11 Å². The molecule has 1 atom stereocenters. The second-order valence-corrected chi connectivity index (χ2v) is 6.09. The molecule has 0 aliphatic carbocycles. The number of nitrogens with zero attached hydrogens (tertiary/aromatic N) is 1. The molecule has 28 heavy (non-hydrogen) atoms. The van der Waals surface area contributed by atoms with Gasteiger partial charge in [-0.05, 0) is 40.5 Å². The molecule has 3 rings (SSSR count). The lowest BCUT2D eigenvalue weighted by molar-refractivity contribution is 0.0110. The van der Waals surface area contributed by atoms with Gasteiger partial charge in [-0.25, -0.2) is 0 Å². The molecule has 3 aromatic rings. The Morgan fingerprint density at radius 1 is 0.893 bits per heavy atom. The predicted octanol–water partition coefficient (Wildman–Crippen LogP) is 4.32. The van der Waals surface area contributed by atoms with Crippen LogP contribution in [0.5, 0.6) is 5.75 Å². The van der Waals surface area contributed by atoms with Gasteiger partial charge in [0.1, 0.15) is 12.4 Å². The summed E-state index contributed by atoms with van der Waals surface area (Å²) in [5, 5.41) is 13.9. The van der Waals surface area contributed by atoms with E-state index in [2.05, 4.69) is 5.16 Å². The van der Waals surface area contributed by atoms with E-state index in [1.807, 2.05) is 84.9 Å². The maximum atomic E-state index is 9.69. The monoisotopic (exact) mass is 377 g/mol. The molecule has 0 aliphatic rings. The molecule has 3 aromatic carbocycles. The van der Waals surface area contributed by atoms with Crippen molar-refractivity contribution >= 4 is 5.90 Å². The van der Waals surface area contributed by atoms with Gasteiger partial charge in [-0.2, -0.15) is 0 Å². The van der Waals surface area contributed by atoms with Crippen molar-refractivity contribution in [3.05, 3.63) is 102 Å². The van der Waals surface area contributed by atoms with Crippen LogP contribution < -0.4 is 4.74 Å². The maximum Gasteiger partial charge on any atom is 0.257 e. The quantitative estimate of drug-likeness (QED) is 0.361. The molecular formula is C23H23NO4. The van der Waals surface area contributed by atoms with Gasteiger partial charge in [0.15, 0.2) is 6.10 Å². The van der Waals surface area contributed by atoms with Crippen molar-refractivity contribution in [1.82, 2.24) is 0 Å². The Balaban J connectivity index is 1.80. The van der Waals surface area contributed by atoms with E-state index < -0.39 is 6.10 Å². The molecular weight excluding hydrogens is 354 g/mol. The van der Waals surface area contributed by atoms with Gasteiger partial charge in [0.2, 0.25) is 0 Å². The molecule has 0 heterocycles. The molecule has 0 spiro atoms. The summed E-state index contributed by atoms with van der Waals surface area (Å²) in [6, 6.07) is 26.6. The number of methoxy groups -OCH3 is 1. The number of ether oxygens (including phenoxy) is 2. The summed E-state index contributed by atoms with van der Waals surface area (Å²) in [5.74, 6) is 1.07. The SMILES string of the molecule is COc1ccc(/C(=N/O[C@H](CO)c2ccccc2)OCc2ccccc2)cc1. The molecule has 5 heteroatoms. The molecule has 0 radical (unpaired) electrons. The number of aliphatic hydroxyl groups is 1. The van der Waals surface area contributed by atoms with Gasteiger partial charge in [-0.1, -0.05) is 60.7 Å². The number of rotatable bonds is 8. The zero-order valence-corrected chi connectivity index (χ0v) is 15.7. The van der Waals surface area contributed by atoms with Crippen LogP contribution in [-0.4, -0.2) is 24.7 Å². The second-order valence-electron chi connectivity index (χ2n) is 6.09. The summed E-state index contributed by atoms with van der Waals surface area (Å²) in [5.41, 5.74) is 2.61. The van der Waals surface area contributed by atoms with Crippen molar-refractivity contribution < 1.29 is 19.4 Å². The van der Waals surface area contributed by atoms with Crippen molar-refractivity contribution in [3.63, 3.8) is 0 Å². The summed E-state index contributed by atoms with van der Waals surface area (Å²) < 4.78 is 11.1. The number of oxime groups is 1. The van der Waals surface area contributed by atoms with Gasteiger partial charge in [-0.3, -0.25) is 0 Å². The Hall–Kier alpha value is -3.31. The van der Waals surface area contributed by atoms with Crippen LogP contribution in [0.15, 0.2) is 90.1 Å². The first-order chi connectivity index (χ1) is 13.8. The smallest absolute Gasteiger partial charge is 0.257 e. The Bertz CT molecular complexity index is 864. The van der Waals surface area contributed by atoms with Crippen LogP contribution in [0.25, 0.3) is 0 Å². The van der Waals surface area contributed by atoms with Crippen LogP contribution in [0.1, 0.15) is 22.8 Å². The summed E-state index contributed by atoms with van der Waals surface area (Å²) >= 11 is 0. The van der Waals surface area contributed by atoms with Crippen LogP contribution in [0.2, 0.25) is 0 Å². The zero-order valence-electron chi connectivity index (χ0n) is 15.7. The second kappa shape index (κ2) is 10.1. The van der Waals surface area contributed by atoms with E-state index in [1.165, 1.54) is 0 Å². The van der Waals surface area contributed by atoms with E-state index in [1.54, 1.807) is 7.11 Å². The molecule has 1 N–H and O–H groups in total. The minimum absolute atomic E-state index is 0.192. The largest absolute Gasteiger partial charge is 0.497 e. The van der Waals surface area contributed by atoms with Gasteiger partial charge in [0.05, 0.1) is 13.7 Å². The zero-order chi connectivity index (χ0) is 19.6. The van der Waals surface area contributed by atoms with E-state index in [0.717, 1.165) is 22.4 Å². The summed E-state index contributed by atoms with van der Waals surface area (Å²) in [7, 11) is 1.62. The Morgan fingerprint density at radius 2 is 1.54 bits per heavy atom.